The van der Waals surface area contributed by atoms with Crippen LogP contribution in [0.15, 0.2) is 90.7 Å². The zero-order valence-electron chi connectivity index (χ0n) is 27.3. The molecule has 0 aromatic heterocycles. The van der Waals surface area contributed by atoms with Crippen LogP contribution in [0, 0.1) is 0 Å². The van der Waals surface area contributed by atoms with Gasteiger partial charge in [0.15, 0.2) is 0 Å². The minimum Gasteiger partial charge on any atom is -0.444 e. The zero-order chi connectivity index (χ0) is 32.0. The Labute approximate surface area is 268 Å². The van der Waals surface area contributed by atoms with Crippen LogP contribution in [0.3, 0.4) is 0 Å². The van der Waals surface area contributed by atoms with Gasteiger partial charge in [-0.1, -0.05) is 92.9 Å². The van der Waals surface area contributed by atoms with Gasteiger partial charge in [-0.2, -0.15) is 0 Å². The number of allylic oxidation sites excluding steroid dienone is 2. The van der Waals surface area contributed by atoms with E-state index in [1.54, 1.807) is 4.90 Å². The predicted octanol–water partition coefficient (Wildman–Crippen LogP) is 6.95. The molecule has 3 aliphatic rings. The summed E-state index contributed by atoms with van der Waals surface area (Å²) in [7, 11) is 0. The molecule has 2 aromatic rings. The molecule has 2 heterocycles. The third-order valence-corrected chi connectivity index (χ3v) is 9.10. The van der Waals surface area contributed by atoms with E-state index < -0.39 is 11.2 Å². The van der Waals surface area contributed by atoms with Crippen LogP contribution >= 0.6 is 0 Å². The summed E-state index contributed by atoms with van der Waals surface area (Å²) in [6.45, 7) is 8.90. The van der Waals surface area contributed by atoms with Crippen molar-refractivity contribution in [3.63, 3.8) is 0 Å². The quantitative estimate of drug-likeness (QED) is 0.367. The highest BCUT2D eigenvalue weighted by molar-refractivity contribution is 6.04. The Morgan fingerprint density at radius 3 is 2.38 bits per heavy atom. The molecule has 5 rings (SSSR count). The van der Waals surface area contributed by atoms with Crippen LogP contribution in [0.5, 0.6) is 0 Å². The average molecular weight is 612 g/mol. The molecule has 2 aromatic carbocycles. The topological polar surface area (TPSA) is 73.3 Å². The van der Waals surface area contributed by atoms with Gasteiger partial charge in [0.25, 0.3) is 5.91 Å². The number of carbonyl (C=O) groups excluding carboxylic acids is 2. The van der Waals surface area contributed by atoms with E-state index in [9.17, 15) is 14.7 Å². The molecule has 2 amide bonds. The van der Waals surface area contributed by atoms with Crippen LogP contribution in [-0.2, 0) is 16.0 Å². The average Bonchev–Trinajstić information content (AvgIpc) is 3.24. The summed E-state index contributed by atoms with van der Waals surface area (Å²) in [5, 5.41) is 12.0. The highest BCUT2D eigenvalue weighted by Gasteiger charge is 2.43. The fraction of sp³-hybridized carbons (Fsp3) is 0.474. The van der Waals surface area contributed by atoms with Crippen molar-refractivity contribution in [2.45, 2.75) is 95.9 Å². The molecular formula is C38H49N3O4. The number of hydrogen-bond acceptors (Lipinski definition) is 5. The van der Waals surface area contributed by atoms with Crippen LogP contribution in [0.1, 0.15) is 77.3 Å². The van der Waals surface area contributed by atoms with Crippen molar-refractivity contribution < 1.29 is 19.4 Å². The van der Waals surface area contributed by atoms with E-state index in [4.69, 9.17) is 4.74 Å². The van der Waals surface area contributed by atoms with Crippen LogP contribution in [0.4, 0.5) is 4.79 Å². The third kappa shape index (κ3) is 7.70. The van der Waals surface area contributed by atoms with E-state index >= 15 is 0 Å². The molecule has 1 saturated carbocycles. The summed E-state index contributed by atoms with van der Waals surface area (Å²) in [5.41, 5.74) is 2.02. The molecule has 7 heteroatoms. The maximum absolute atomic E-state index is 14.9. The number of nitrogens with zero attached hydrogens (tertiary/aromatic N) is 3. The lowest BCUT2D eigenvalue weighted by Gasteiger charge is -2.47. The maximum atomic E-state index is 14.9. The molecule has 45 heavy (non-hydrogen) atoms. The molecule has 1 saturated heterocycles. The van der Waals surface area contributed by atoms with E-state index in [-0.39, 0.29) is 24.1 Å². The molecule has 2 fully saturated rings. The molecule has 7 nitrogen and oxygen atoms in total. The van der Waals surface area contributed by atoms with Crippen LogP contribution in [-0.4, -0.2) is 74.7 Å². The van der Waals surface area contributed by atoms with Gasteiger partial charge in [-0.05, 0) is 69.7 Å². The largest absolute Gasteiger partial charge is 0.444 e. The summed E-state index contributed by atoms with van der Waals surface area (Å²) in [4.78, 5) is 33.9. The highest BCUT2D eigenvalue weighted by atomic mass is 16.6. The Morgan fingerprint density at radius 2 is 1.69 bits per heavy atom. The van der Waals surface area contributed by atoms with Crippen LogP contribution < -0.4 is 0 Å². The second-order valence-electron chi connectivity index (χ2n) is 13.6. The minimum atomic E-state index is -0.843. The van der Waals surface area contributed by atoms with Crippen molar-refractivity contribution in [3.8, 4) is 0 Å². The molecule has 1 aliphatic carbocycles. The van der Waals surface area contributed by atoms with E-state index in [0.717, 1.165) is 48.9 Å². The summed E-state index contributed by atoms with van der Waals surface area (Å²) in [6, 6.07) is 19.8. The van der Waals surface area contributed by atoms with Crippen molar-refractivity contribution in [2.24, 2.45) is 0 Å². The summed E-state index contributed by atoms with van der Waals surface area (Å²) in [5.74, 6) is -0.0709. The van der Waals surface area contributed by atoms with Crippen molar-refractivity contribution in [1.82, 2.24) is 14.7 Å². The first-order chi connectivity index (χ1) is 21.6. The number of amides is 2. The SMILES string of the molecule is CCCC1(O)CCCCC1N1C=CC=CC(C(=O)N2CCN(C(=O)OC(C)(C)C)C[C@H]2Cc2ccccc2)=C1c1ccccc1. The van der Waals surface area contributed by atoms with Gasteiger partial charge in [-0.3, -0.25) is 4.79 Å². The molecular weight excluding hydrogens is 562 g/mol. The number of benzene rings is 2. The van der Waals surface area contributed by atoms with E-state index in [1.165, 1.54) is 0 Å². The van der Waals surface area contributed by atoms with Crippen LogP contribution in [0.25, 0.3) is 5.70 Å². The molecule has 3 atom stereocenters. The first kappa shape index (κ1) is 32.6. The Hall–Kier alpha value is -3.84. The van der Waals surface area contributed by atoms with Crippen molar-refractivity contribution in [3.05, 3.63) is 102 Å². The highest BCUT2D eigenvalue weighted by Crippen LogP contribution is 2.41. The van der Waals surface area contributed by atoms with Gasteiger partial charge in [-0.15, -0.1) is 0 Å². The smallest absolute Gasteiger partial charge is 0.410 e. The van der Waals surface area contributed by atoms with Crippen LogP contribution in [0.2, 0.25) is 0 Å². The Kier molecular flexibility index (Phi) is 10.2. The number of ether oxygens (including phenoxy) is 1. The van der Waals surface area contributed by atoms with Crippen molar-refractivity contribution >= 4 is 17.7 Å². The fourth-order valence-electron chi connectivity index (χ4n) is 7.08. The van der Waals surface area contributed by atoms with E-state index in [0.29, 0.717) is 38.0 Å². The minimum absolute atomic E-state index is 0.0709. The normalized spacial score (nSPS) is 24.1. The van der Waals surface area contributed by atoms with Gasteiger partial charge >= 0.3 is 6.09 Å². The Balaban J connectivity index is 1.55. The zero-order valence-corrected chi connectivity index (χ0v) is 27.3. The predicted molar refractivity (Wildman–Crippen MR) is 179 cm³/mol. The number of carbonyl (C=O) groups is 2. The Morgan fingerprint density at radius 1 is 0.978 bits per heavy atom. The molecule has 0 radical (unpaired) electrons. The standard InChI is InChI=1S/C38H49N3O4/c1-5-22-38(44)23-14-12-21-33(38)41-24-15-13-20-32(34(41)30-18-10-7-11-19-30)35(42)40-26-25-39(36(43)45-37(2,3)4)28-31(40)27-29-16-8-6-9-17-29/h6-11,13,15-20,24,31,33,44H,5,12,14,21-23,25-28H2,1-4H3/t31-,33?,38?/m1/s1. The molecule has 2 unspecified atom stereocenters. The molecule has 2 aliphatic heterocycles. The van der Waals surface area contributed by atoms with Gasteiger partial charge in [0.05, 0.1) is 29.0 Å². The van der Waals surface area contributed by atoms with Gasteiger partial charge in [0.1, 0.15) is 5.60 Å². The number of aliphatic hydroxyl groups is 1. The lowest BCUT2D eigenvalue weighted by Crippen LogP contribution is -2.58. The number of piperazine rings is 1. The lowest BCUT2D eigenvalue weighted by molar-refractivity contribution is -0.131. The van der Waals surface area contributed by atoms with Gasteiger partial charge in [-0.25, -0.2) is 4.79 Å². The van der Waals surface area contributed by atoms with Gasteiger partial charge in [0, 0.05) is 25.8 Å². The fourth-order valence-corrected chi connectivity index (χ4v) is 7.08. The second kappa shape index (κ2) is 14.1. The number of hydrogen-bond donors (Lipinski definition) is 1. The van der Waals surface area contributed by atoms with E-state index in [2.05, 4.69) is 24.0 Å². The van der Waals surface area contributed by atoms with Gasteiger partial charge in [0.2, 0.25) is 0 Å². The molecule has 240 valence electrons. The monoisotopic (exact) mass is 611 g/mol. The van der Waals surface area contributed by atoms with E-state index in [1.807, 2.05) is 98.6 Å². The Bertz CT molecular complexity index is 1410. The maximum Gasteiger partial charge on any atom is 0.410 e. The first-order valence-electron chi connectivity index (χ1n) is 16.6. The second-order valence-corrected chi connectivity index (χ2v) is 13.6. The summed E-state index contributed by atoms with van der Waals surface area (Å²) in [6.07, 6.45) is 13.4. The molecule has 0 bridgehead atoms. The first-order valence-corrected chi connectivity index (χ1v) is 16.6. The molecule has 0 spiro atoms. The third-order valence-electron chi connectivity index (χ3n) is 9.10. The van der Waals surface area contributed by atoms with Gasteiger partial charge < -0.3 is 24.5 Å². The lowest BCUT2D eigenvalue weighted by atomic mass is 9.76. The molecule has 1 N–H and O–H groups in total. The summed E-state index contributed by atoms with van der Waals surface area (Å²) < 4.78 is 5.72. The number of rotatable bonds is 7. The summed E-state index contributed by atoms with van der Waals surface area (Å²) >= 11 is 0. The van der Waals surface area contributed by atoms with Crippen molar-refractivity contribution in [2.75, 3.05) is 19.6 Å². The van der Waals surface area contributed by atoms with Crippen molar-refractivity contribution in [1.29, 1.82) is 0 Å².